The molecule has 3 amide bonds. The molecule has 1 aromatic heterocycles. The normalized spacial score (nSPS) is 14.6. The Morgan fingerprint density at radius 3 is 2.71 bits per heavy atom. The van der Waals surface area contributed by atoms with Gasteiger partial charge in [0, 0.05) is 32.9 Å². The highest BCUT2D eigenvalue weighted by Crippen LogP contribution is 2.31. The molecule has 9 heteroatoms. The summed E-state index contributed by atoms with van der Waals surface area (Å²) in [5, 5.41) is 2.49. The topological polar surface area (TPSA) is 87.9 Å². The number of hydrogen-bond donors (Lipinski definition) is 1. The van der Waals surface area contributed by atoms with Crippen molar-refractivity contribution in [1.82, 2.24) is 14.8 Å². The molecule has 1 aliphatic heterocycles. The summed E-state index contributed by atoms with van der Waals surface area (Å²) in [6.45, 7) is 1.13. The van der Waals surface area contributed by atoms with Crippen LogP contribution < -0.4 is 5.32 Å². The Labute approximate surface area is 162 Å². The first-order chi connectivity index (χ1) is 13.4. The zero-order chi connectivity index (χ0) is 20.1. The Bertz CT molecular complexity index is 817. The highest BCUT2D eigenvalue weighted by atomic mass is 19.1. The Hall–Kier alpha value is -3.10. The standard InChI is InChI=1S/C19H23FN4O4/c1-23(2)19(26)24-7-5-13(6-8-24)16-4-3-14(9-17(16)20)22-18(25)27-11-15-10-21-12-28-15/h3-4,9-10,12-13H,5-8,11H2,1-2H3,(H,22,25). The number of anilines is 1. The van der Waals surface area contributed by atoms with E-state index in [1.165, 1.54) is 18.7 Å². The van der Waals surface area contributed by atoms with Crippen molar-refractivity contribution in [3.05, 3.63) is 47.9 Å². The lowest BCUT2D eigenvalue weighted by Gasteiger charge is -2.34. The molecule has 1 fully saturated rings. The molecule has 0 radical (unpaired) electrons. The number of carbonyl (C=O) groups excluding carboxylic acids is 2. The lowest BCUT2D eigenvalue weighted by Crippen LogP contribution is -2.43. The Morgan fingerprint density at radius 2 is 2.11 bits per heavy atom. The van der Waals surface area contributed by atoms with Crippen LogP contribution in [0.5, 0.6) is 0 Å². The van der Waals surface area contributed by atoms with Crippen LogP contribution in [-0.2, 0) is 11.3 Å². The van der Waals surface area contributed by atoms with Gasteiger partial charge in [-0.15, -0.1) is 0 Å². The molecule has 3 rings (SSSR count). The van der Waals surface area contributed by atoms with Crippen molar-refractivity contribution >= 4 is 17.8 Å². The first-order valence-electron chi connectivity index (χ1n) is 9.01. The Kier molecular flexibility index (Phi) is 6.13. The maximum absolute atomic E-state index is 14.6. The van der Waals surface area contributed by atoms with Crippen LogP contribution in [-0.4, -0.2) is 54.1 Å². The SMILES string of the molecule is CN(C)C(=O)N1CCC(c2ccc(NC(=O)OCc3cnco3)cc2F)CC1. The van der Waals surface area contributed by atoms with E-state index in [-0.39, 0.29) is 24.4 Å². The van der Waals surface area contributed by atoms with Crippen LogP contribution >= 0.6 is 0 Å². The number of oxazole rings is 1. The van der Waals surface area contributed by atoms with E-state index in [0.29, 0.717) is 42.9 Å². The number of aromatic nitrogens is 1. The minimum atomic E-state index is -0.709. The minimum Gasteiger partial charge on any atom is -0.445 e. The van der Waals surface area contributed by atoms with Gasteiger partial charge in [0.15, 0.2) is 18.8 Å². The number of urea groups is 1. The fraction of sp³-hybridized carbons (Fsp3) is 0.421. The van der Waals surface area contributed by atoms with E-state index in [1.54, 1.807) is 36.0 Å². The number of piperidine rings is 1. The van der Waals surface area contributed by atoms with E-state index in [1.807, 2.05) is 0 Å². The molecule has 1 aromatic carbocycles. The summed E-state index contributed by atoms with van der Waals surface area (Å²) in [4.78, 5) is 30.8. The van der Waals surface area contributed by atoms with Crippen molar-refractivity contribution in [3.63, 3.8) is 0 Å². The summed E-state index contributed by atoms with van der Waals surface area (Å²) < 4.78 is 24.5. The van der Waals surface area contributed by atoms with Crippen LogP contribution in [0.2, 0.25) is 0 Å². The van der Waals surface area contributed by atoms with Gasteiger partial charge in [-0.05, 0) is 36.5 Å². The number of hydrogen-bond acceptors (Lipinski definition) is 5. The molecule has 0 atom stereocenters. The molecule has 0 unspecified atom stereocenters. The molecule has 1 aliphatic rings. The van der Waals surface area contributed by atoms with Gasteiger partial charge in [-0.2, -0.15) is 0 Å². The third-order valence-corrected chi connectivity index (χ3v) is 4.66. The van der Waals surface area contributed by atoms with Gasteiger partial charge in [0.2, 0.25) is 0 Å². The molecule has 0 aliphatic carbocycles. The lowest BCUT2D eigenvalue weighted by molar-refractivity contribution is 0.146. The maximum Gasteiger partial charge on any atom is 0.412 e. The molecule has 8 nitrogen and oxygen atoms in total. The summed E-state index contributed by atoms with van der Waals surface area (Å²) in [5.41, 5.74) is 0.904. The maximum atomic E-state index is 14.6. The van der Waals surface area contributed by atoms with E-state index in [4.69, 9.17) is 9.15 Å². The monoisotopic (exact) mass is 390 g/mol. The molecular formula is C19H23FN4O4. The van der Waals surface area contributed by atoms with Crippen molar-refractivity contribution in [2.75, 3.05) is 32.5 Å². The number of benzene rings is 1. The van der Waals surface area contributed by atoms with Crippen molar-refractivity contribution < 1.29 is 23.1 Å². The van der Waals surface area contributed by atoms with Gasteiger partial charge in [0.1, 0.15) is 5.82 Å². The molecule has 2 aromatic rings. The van der Waals surface area contributed by atoms with E-state index in [2.05, 4.69) is 10.3 Å². The molecular weight excluding hydrogens is 367 g/mol. The smallest absolute Gasteiger partial charge is 0.412 e. The van der Waals surface area contributed by atoms with E-state index in [9.17, 15) is 14.0 Å². The van der Waals surface area contributed by atoms with Crippen molar-refractivity contribution in [1.29, 1.82) is 0 Å². The number of ether oxygens (including phenoxy) is 1. The van der Waals surface area contributed by atoms with Gasteiger partial charge in [-0.3, -0.25) is 5.32 Å². The summed E-state index contributed by atoms with van der Waals surface area (Å²) in [6.07, 6.45) is 3.37. The highest BCUT2D eigenvalue weighted by Gasteiger charge is 2.26. The van der Waals surface area contributed by atoms with Gasteiger partial charge < -0.3 is 19.0 Å². The van der Waals surface area contributed by atoms with Crippen molar-refractivity contribution in [2.24, 2.45) is 0 Å². The van der Waals surface area contributed by atoms with Crippen LogP contribution in [0, 0.1) is 5.82 Å². The second kappa shape index (κ2) is 8.73. The summed E-state index contributed by atoms with van der Waals surface area (Å²) in [7, 11) is 3.44. The van der Waals surface area contributed by atoms with Crippen LogP contribution in [0.3, 0.4) is 0 Å². The Morgan fingerprint density at radius 1 is 1.36 bits per heavy atom. The number of likely N-dealkylation sites (tertiary alicyclic amines) is 1. The average Bonchev–Trinajstić information content (AvgIpc) is 3.20. The molecule has 1 saturated heterocycles. The lowest BCUT2D eigenvalue weighted by atomic mass is 9.89. The third kappa shape index (κ3) is 4.79. The van der Waals surface area contributed by atoms with Crippen LogP contribution in [0.1, 0.15) is 30.1 Å². The zero-order valence-electron chi connectivity index (χ0n) is 15.9. The summed E-state index contributed by atoms with van der Waals surface area (Å²) in [6, 6.07) is 4.57. The van der Waals surface area contributed by atoms with Gasteiger partial charge >= 0.3 is 12.1 Å². The molecule has 0 spiro atoms. The second-order valence-electron chi connectivity index (χ2n) is 6.84. The fourth-order valence-electron chi connectivity index (χ4n) is 3.20. The molecule has 150 valence electrons. The van der Waals surface area contributed by atoms with E-state index in [0.717, 1.165) is 0 Å². The molecule has 1 N–H and O–H groups in total. The molecule has 0 bridgehead atoms. The van der Waals surface area contributed by atoms with Gasteiger partial charge in [-0.1, -0.05) is 6.07 Å². The minimum absolute atomic E-state index is 0.0256. The molecule has 0 saturated carbocycles. The summed E-state index contributed by atoms with van der Waals surface area (Å²) >= 11 is 0. The van der Waals surface area contributed by atoms with Crippen molar-refractivity contribution in [3.8, 4) is 0 Å². The quantitative estimate of drug-likeness (QED) is 0.864. The van der Waals surface area contributed by atoms with Gasteiger partial charge in [-0.25, -0.2) is 19.0 Å². The fourth-order valence-corrected chi connectivity index (χ4v) is 3.20. The first kappa shape index (κ1) is 19.7. The van der Waals surface area contributed by atoms with Crippen LogP contribution in [0.4, 0.5) is 19.7 Å². The predicted octanol–water partition coefficient (Wildman–Crippen LogP) is 3.42. The first-order valence-corrected chi connectivity index (χ1v) is 9.01. The van der Waals surface area contributed by atoms with Crippen molar-refractivity contribution in [2.45, 2.75) is 25.4 Å². The van der Waals surface area contributed by atoms with Crippen LogP contribution in [0.15, 0.2) is 35.2 Å². The van der Waals surface area contributed by atoms with Gasteiger partial charge in [0.05, 0.1) is 6.20 Å². The molecule has 2 heterocycles. The number of carbonyl (C=O) groups is 2. The number of nitrogens with zero attached hydrogens (tertiary/aromatic N) is 3. The van der Waals surface area contributed by atoms with Gasteiger partial charge in [0.25, 0.3) is 0 Å². The third-order valence-electron chi connectivity index (χ3n) is 4.66. The highest BCUT2D eigenvalue weighted by molar-refractivity contribution is 5.84. The largest absolute Gasteiger partial charge is 0.445 e. The number of amides is 3. The predicted molar refractivity (Wildman–Crippen MR) is 99.3 cm³/mol. The Balaban J connectivity index is 1.54. The number of rotatable bonds is 4. The average molecular weight is 390 g/mol. The second-order valence-corrected chi connectivity index (χ2v) is 6.84. The van der Waals surface area contributed by atoms with E-state index >= 15 is 0 Å². The van der Waals surface area contributed by atoms with E-state index < -0.39 is 6.09 Å². The van der Waals surface area contributed by atoms with Crippen LogP contribution in [0.25, 0.3) is 0 Å². The zero-order valence-corrected chi connectivity index (χ0v) is 15.9. The summed E-state index contributed by atoms with van der Waals surface area (Å²) in [5.74, 6) is 0.0693. The number of halogens is 1. The number of nitrogens with one attached hydrogen (secondary N) is 1. The molecule has 28 heavy (non-hydrogen) atoms.